The van der Waals surface area contributed by atoms with Gasteiger partial charge in [-0.3, -0.25) is 10.1 Å². The van der Waals surface area contributed by atoms with E-state index in [0.29, 0.717) is 0 Å². The summed E-state index contributed by atoms with van der Waals surface area (Å²) in [5, 5.41) is 15.0. The minimum atomic E-state index is -0.389. The SMILES string of the molecule is O=[N+]([O-])c1ccc(Br)c(NC2CCc3cc(Cl)ccc32)c1. The van der Waals surface area contributed by atoms with Gasteiger partial charge in [-0.2, -0.15) is 0 Å². The summed E-state index contributed by atoms with van der Waals surface area (Å²) in [6.07, 6.45) is 1.91. The van der Waals surface area contributed by atoms with Crippen molar-refractivity contribution in [1.29, 1.82) is 0 Å². The van der Waals surface area contributed by atoms with Crippen molar-refractivity contribution in [3.8, 4) is 0 Å². The fraction of sp³-hybridized carbons (Fsp3) is 0.200. The molecule has 0 heterocycles. The zero-order valence-corrected chi connectivity index (χ0v) is 13.3. The van der Waals surface area contributed by atoms with E-state index in [9.17, 15) is 10.1 Å². The summed E-state index contributed by atoms with van der Waals surface area (Å²) in [6.45, 7) is 0. The van der Waals surface area contributed by atoms with Gasteiger partial charge in [-0.1, -0.05) is 17.7 Å². The van der Waals surface area contributed by atoms with Crippen molar-refractivity contribution < 1.29 is 4.92 Å². The molecular formula is C15H12BrClN2O2. The highest BCUT2D eigenvalue weighted by Gasteiger charge is 2.23. The van der Waals surface area contributed by atoms with Crippen LogP contribution in [0.2, 0.25) is 5.02 Å². The summed E-state index contributed by atoms with van der Waals surface area (Å²) < 4.78 is 0.815. The molecule has 1 unspecified atom stereocenters. The monoisotopic (exact) mass is 366 g/mol. The standard InChI is InChI=1S/C15H12BrClN2O2/c16-13-5-3-11(19(20)21)8-15(13)18-14-6-1-9-7-10(17)2-4-12(9)14/h2-5,7-8,14,18H,1,6H2. The van der Waals surface area contributed by atoms with E-state index in [0.717, 1.165) is 28.0 Å². The molecule has 0 aliphatic heterocycles. The number of benzene rings is 2. The third kappa shape index (κ3) is 2.89. The van der Waals surface area contributed by atoms with E-state index in [2.05, 4.69) is 21.2 Å². The molecule has 0 spiro atoms. The summed E-state index contributed by atoms with van der Waals surface area (Å²) >= 11 is 9.44. The number of fused-ring (bicyclic) bond motifs is 1. The molecule has 0 radical (unpaired) electrons. The highest BCUT2D eigenvalue weighted by atomic mass is 79.9. The normalized spacial score (nSPS) is 16.6. The molecule has 0 fully saturated rings. The number of halogens is 2. The van der Waals surface area contributed by atoms with E-state index < -0.39 is 0 Å². The van der Waals surface area contributed by atoms with Gasteiger partial charge in [0.05, 0.1) is 16.7 Å². The van der Waals surface area contributed by atoms with Crippen molar-refractivity contribution in [1.82, 2.24) is 0 Å². The van der Waals surface area contributed by atoms with Crippen LogP contribution in [-0.4, -0.2) is 4.92 Å². The maximum absolute atomic E-state index is 10.9. The van der Waals surface area contributed by atoms with E-state index >= 15 is 0 Å². The van der Waals surface area contributed by atoms with Gasteiger partial charge in [0.25, 0.3) is 5.69 Å². The topological polar surface area (TPSA) is 55.2 Å². The van der Waals surface area contributed by atoms with Crippen molar-refractivity contribution in [2.24, 2.45) is 0 Å². The molecule has 2 aromatic rings. The first-order chi connectivity index (χ1) is 10.0. The van der Waals surface area contributed by atoms with Gasteiger partial charge in [-0.25, -0.2) is 0 Å². The Morgan fingerprint density at radius 1 is 1.29 bits per heavy atom. The number of non-ortho nitro benzene ring substituents is 1. The Kier molecular flexibility index (Phi) is 3.87. The molecular weight excluding hydrogens is 356 g/mol. The van der Waals surface area contributed by atoms with Crippen molar-refractivity contribution in [3.63, 3.8) is 0 Å². The summed E-state index contributed by atoms with van der Waals surface area (Å²) in [7, 11) is 0. The van der Waals surface area contributed by atoms with Crippen LogP contribution in [0.5, 0.6) is 0 Å². The molecule has 1 aliphatic rings. The molecule has 4 nitrogen and oxygen atoms in total. The fourth-order valence-electron chi connectivity index (χ4n) is 2.66. The number of nitrogens with one attached hydrogen (secondary N) is 1. The Morgan fingerprint density at radius 2 is 2.10 bits per heavy atom. The number of aryl methyl sites for hydroxylation is 1. The third-order valence-electron chi connectivity index (χ3n) is 3.67. The highest BCUT2D eigenvalue weighted by molar-refractivity contribution is 9.10. The first-order valence-corrected chi connectivity index (χ1v) is 7.70. The Bertz CT molecular complexity index is 721. The van der Waals surface area contributed by atoms with Gasteiger partial charge in [0.1, 0.15) is 0 Å². The summed E-state index contributed by atoms with van der Waals surface area (Å²) in [4.78, 5) is 10.5. The molecule has 21 heavy (non-hydrogen) atoms. The van der Waals surface area contributed by atoms with Gasteiger partial charge in [0.15, 0.2) is 0 Å². The van der Waals surface area contributed by atoms with E-state index in [4.69, 9.17) is 11.6 Å². The van der Waals surface area contributed by atoms with Crippen LogP contribution in [0.25, 0.3) is 0 Å². The molecule has 3 rings (SSSR count). The van der Waals surface area contributed by atoms with Gasteiger partial charge < -0.3 is 5.32 Å². The minimum absolute atomic E-state index is 0.0787. The molecule has 0 aromatic heterocycles. The Labute approximate surface area is 135 Å². The molecule has 0 bridgehead atoms. The summed E-state index contributed by atoms with van der Waals surface area (Å²) in [5.74, 6) is 0. The number of rotatable bonds is 3. The van der Waals surface area contributed by atoms with Crippen molar-refractivity contribution in [2.75, 3.05) is 5.32 Å². The number of nitro groups is 1. The zero-order valence-electron chi connectivity index (χ0n) is 11.0. The van der Waals surface area contributed by atoms with Crippen LogP contribution in [0.3, 0.4) is 0 Å². The maximum Gasteiger partial charge on any atom is 0.271 e. The number of hydrogen-bond donors (Lipinski definition) is 1. The molecule has 2 aromatic carbocycles. The van der Waals surface area contributed by atoms with Crippen molar-refractivity contribution >= 4 is 38.9 Å². The van der Waals surface area contributed by atoms with E-state index in [1.807, 2.05) is 18.2 Å². The average molecular weight is 368 g/mol. The Morgan fingerprint density at radius 3 is 2.86 bits per heavy atom. The molecule has 0 saturated heterocycles. The van der Waals surface area contributed by atoms with E-state index in [-0.39, 0.29) is 16.7 Å². The fourth-order valence-corrected chi connectivity index (χ4v) is 3.22. The predicted molar refractivity (Wildman–Crippen MR) is 86.9 cm³/mol. The van der Waals surface area contributed by atoms with Crippen LogP contribution < -0.4 is 5.32 Å². The largest absolute Gasteiger partial charge is 0.377 e. The van der Waals surface area contributed by atoms with Gasteiger partial charge in [-0.05, 0) is 58.1 Å². The van der Waals surface area contributed by atoms with Crippen LogP contribution in [0.1, 0.15) is 23.6 Å². The number of hydrogen-bond acceptors (Lipinski definition) is 3. The smallest absolute Gasteiger partial charge is 0.271 e. The van der Waals surface area contributed by atoms with Gasteiger partial charge in [-0.15, -0.1) is 0 Å². The second-order valence-corrected chi connectivity index (χ2v) is 6.29. The molecule has 1 aliphatic carbocycles. The maximum atomic E-state index is 10.9. The quantitative estimate of drug-likeness (QED) is 0.606. The average Bonchev–Trinajstić information content (AvgIpc) is 2.83. The first-order valence-electron chi connectivity index (χ1n) is 6.53. The number of nitrogens with zero attached hydrogens (tertiary/aromatic N) is 1. The van der Waals surface area contributed by atoms with Crippen LogP contribution in [0, 0.1) is 10.1 Å². The molecule has 0 amide bonds. The molecule has 1 atom stereocenters. The van der Waals surface area contributed by atoms with Crippen LogP contribution in [-0.2, 0) is 6.42 Å². The van der Waals surface area contributed by atoms with Crippen molar-refractivity contribution in [2.45, 2.75) is 18.9 Å². The summed E-state index contributed by atoms with van der Waals surface area (Å²) in [6, 6.07) is 10.8. The Balaban J connectivity index is 1.89. The number of nitro benzene ring substituents is 1. The van der Waals surface area contributed by atoms with Gasteiger partial charge >= 0.3 is 0 Å². The molecule has 6 heteroatoms. The zero-order chi connectivity index (χ0) is 15.0. The number of anilines is 1. The lowest BCUT2D eigenvalue weighted by molar-refractivity contribution is -0.384. The van der Waals surface area contributed by atoms with Crippen LogP contribution in [0.15, 0.2) is 40.9 Å². The van der Waals surface area contributed by atoms with Crippen molar-refractivity contribution in [3.05, 3.63) is 67.1 Å². The van der Waals surface area contributed by atoms with Crippen LogP contribution in [0.4, 0.5) is 11.4 Å². The minimum Gasteiger partial charge on any atom is -0.377 e. The molecule has 108 valence electrons. The second kappa shape index (κ2) is 5.66. The molecule has 1 N–H and O–H groups in total. The summed E-state index contributed by atoms with van der Waals surface area (Å²) in [5.41, 5.74) is 3.26. The van der Waals surface area contributed by atoms with Crippen LogP contribution >= 0.6 is 27.5 Å². The predicted octanol–water partition coefficient (Wildman–Crippen LogP) is 5.11. The lowest BCUT2D eigenvalue weighted by Crippen LogP contribution is -2.07. The second-order valence-electron chi connectivity index (χ2n) is 5.00. The molecule has 0 saturated carbocycles. The van der Waals surface area contributed by atoms with Gasteiger partial charge in [0, 0.05) is 21.6 Å². The van der Waals surface area contributed by atoms with E-state index in [1.54, 1.807) is 12.1 Å². The highest BCUT2D eigenvalue weighted by Crippen LogP contribution is 2.37. The Hall–Kier alpha value is -1.59. The first kappa shape index (κ1) is 14.4. The third-order valence-corrected chi connectivity index (χ3v) is 4.60. The van der Waals surface area contributed by atoms with E-state index in [1.165, 1.54) is 17.2 Å². The van der Waals surface area contributed by atoms with Gasteiger partial charge in [0.2, 0.25) is 0 Å². The lowest BCUT2D eigenvalue weighted by atomic mass is 10.1. The lowest BCUT2D eigenvalue weighted by Gasteiger charge is -2.16.